The summed E-state index contributed by atoms with van der Waals surface area (Å²) in [4.78, 5) is -0.406. The van der Waals surface area contributed by atoms with Gasteiger partial charge in [-0.2, -0.15) is 0 Å². The third-order valence-electron chi connectivity index (χ3n) is 2.95. The van der Waals surface area contributed by atoms with E-state index in [1.54, 1.807) is 12.1 Å². The lowest BCUT2D eigenvalue weighted by Gasteiger charge is -2.13. The van der Waals surface area contributed by atoms with Crippen LogP contribution in [0.3, 0.4) is 0 Å². The number of hydrogen-bond acceptors (Lipinski definition) is 5. The largest absolute Gasteiger partial charge is 0.266 e. The van der Waals surface area contributed by atoms with Crippen LogP contribution >= 0.6 is 0 Å². The molecule has 23 heavy (non-hydrogen) atoms. The lowest BCUT2D eigenvalue weighted by molar-refractivity contribution is 0.603. The lowest BCUT2D eigenvalue weighted by Crippen LogP contribution is -2.31. The minimum Gasteiger partial charge on any atom is -0.266 e. The predicted molar refractivity (Wildman–Crippen MR) is 92.3 cm³/mol. The fraction of sp³-hybridized carbons (Fsp3) is 0.133. The van der Waals surface area contributed by atoms with Gasteiger partial charge in [-0.05, 0) is 33.8 Å². The molecular weight excluding hydrogens is 356 g/mol. The van der Waals surface area contributed by atoms with Gasteiger partial charge in [-0.1, -0.05) is 36.4 Å². The average Bonchev–Trinajstić information content (AvgIpc) is 2.47. The molecule has 5 nitrogen and oxygen atoms in total. The Morgan fingerprint density at radius 1 is 0.609 bits per heavy atom. The van der Waals surface area contributed by atoms with Crippen molar-refractivity contribution in [3.8, 4) is 0 Å². The quantitative estimate of drug-likeness (QED) is 0.747. The van der Waals surface area contributed by atoms with E-state index in [9.17, 15) is 21.0 Å². The van der Waals surface area contributed by atoms with Crippen LogP contribution in [0.5, 0.6) is 0 Å². The van der Waals surface area contributed by atoms with Crippen LogP contribution < -0.4 is 0 Å². The van der Waals surface area contributed by atoms with Gasteiger partial charge in [-0.3, -0.25) is 4.21 Å². The second-order valence-electron chi connectivity index (χ2n) is 5.12. The zero-order valence-electron chi connectivity index (χ0n) is 12.5. The Morgan fingerprint density at radius 3 is 1.17 bits per heavy atom. The number of hydrogen-bond donors (Lipinski definition) is 0. The third-order valence-corrected chi connectivity index (χ3v) is 11.5. The van der Waals surface area contributed by atoms with E-state index in [0.717, 1.165) is 12.5 Å². The van der Waals surface area contributed by atoms with Crippen molar-refractivity contribution in [1.29, 1.82) is 0 Å². The molecule has 0 aromatic heterocycles. The summed E-state index contributed by atoms with van der Waals surface area (Å²) in [5.74, 6) is 0. The molecule has 0 radical (unpaired) electrons. The maximum atomic E-state index is 12.8. The van der Waals surface area contributed by atoms with Crippen LogP contribution in [-0.4, -0.2) is 37.1 Å². The van der Waals surface area contributed by atoms with Gasteiger partial charge in [0.2, 0.25) is 23.2 Å². The monoisotopic (exact) mass is 372 g/mol. The first-order valence-electron chi connectivity index (χ1n) is 6.49. The van der Waals surface area contributed by atoms with E-state index >= 15 is 0 Å². The van der Waals surface area contributed by atoms with E-state index in [0.29, 0.717) is 0 Å². The van der Waals surface area contributed by atoms with Crippen molar-refractivity contribution in [2.24, 2.45) is 0 Å². The van der Waals surface area contributed by atoms with Crippen LogP contribution in [0.1, 0.15) is 0 Å². The average molecular weight is 372 g/mol. The Hall–Kier alpha value is -1.64. The zero-order valence-corrected chi connectivity index (χ0v) is 15.0. The van der Waals surface area contributed by atoms with Crippen LogP contribution in [0.4, 0.5) is 0 Å². The van der Waals surface area contributed by atoms with Crippen molar-refractivity contribution < 1.29 is 21.0 Å². The molecule has 0 aliphatic carbocycles. The summed E-state index contributed by atoms with van der Waals surface area (Å²) in [5, 5.41) is 0. The van der Waals surface area contributed by atoms with E-state index in [1.807, 2.05) is 0 Å². The first kappa shape index (κ1) is 17.7. The summed E-state index contributed by atoms with van der Waals surface area (Å²) in [6.45, 7) is 0. The molecule has 8 heteroatoms. The second kappa shape index (κ2) is 6.10. The highest BCUT2D eigenvalue weighted by molar-refractivity contribution is 8.44. The molecule has 0 unspecified atom stereocenters. The van der Waals surface area contributed by atoms with Gasteiger partial charge in [-0.15, -0.1) is 0 Å². The van der Waals surface area contributed by atoms with Crippen molar-refractivity contribution in [3.63, 3.8) is 0 Å². The molecule has 0 amide bonds. The summed E-state index contributed by atoms with van der Waals surface area (Å²) in [7, 11) is -12.1. The lowest BCUT2D eigenvalue weighted by atomic mass is 10.4. The van der Waals surface area contributed by atoms with Crippen molar-refractivity contribution >= 4 is 32.7 Å². The van der Waals surface area contributed by atoms with Gasteiger partial charge in [0.15, 0.2) is 0 Å². The Bertz CT molecular complexity index is 949. The minimum atomic E-state index is -4.41. The number of sulfone groups is 2. The van der Waals surface area contributed by atoms with Crippen molar-refractivity contribution in [1.82, 2.24) is 0 Å². The van der Waals surface area contributed by atoms with E-state index in [1.165, 1.54) is 48.5 Å². The van der Waals surface area contributed by atoms with E-state index in [4.69, 9.17) is 0 Å². The molecule has 0 saturated carbocycles. The molecule has 0 bridgehead atoms. The van der Waals surface area contributed by atoms with E-state index in [-0.39, 0.29) is 9.79 Å². The molecule has 0 aliphatic heterocycles. The van der Waals surface area contributed by atoms with Gasteiger partial charge in [0.25, 0.3) is 0 Å². The van der Waals surface area contributed by atoms with Crippen molar-refractivity contribution in [3.05, 3.63) is 60.7 Å². The third kappa shape index (κ3) is 3.49. The van der Waals surface area contributed by atoms with Gasteiger partial charge in [-0.25, -0.2) is 16.8 Å². The maximum absolute atomic E-state index is 12.8. The summed E-state index contributed by atoms with van der Waals surface area (Å²) >= 11 is 0. The molecule has 0 N–H and O–H groups in total. The van der Waals surface area contributed by atoms with Crippen LogP contribution in [0.2, 0.25) is 0 Å². The Labute approximate surface area is 136 Å². The summed E-state index contributed by atoms with van der Waals surface area (Å²) in [6.07, 6.45) is 2.23. The molecule has 2 aromatic rings. The zero-order chi connectivity index (χ0) is 17.3. The molecule has 0 atom stereocenters. The van der Waals surface area contributed by atoms with Crippen LogP contribution in [0, 0.1) is 0 Å². The van der Waals surface area contributed by atoms with Crippen LogP contribution in [-0.2, 0) is 29.2 Å². The molecule has 0 saturated heterocycles. The standard InChI is InChI=1S/C15H16O5S3/c1-21(2,16)15(22(17,18)13-9-5-3-6-10-13)23(19,20)14-11-7-4-8-12-14/h3-12H,1-2H3. The molecule has 0 heterocycles. The summed E-state index contributed by atoms with van der Waals surface area (Å²) < 4.78 is 62.8. The Balaban J connectivity index is 2.86. The summed E-state index contributed by atoms with van der Waals surface area (Å²) in [5.41, 5.74) is 0. The van der Waals surface area contributed by atoms with E-state index < -0.39 is 32.7 Å². The van der Waals surface area contributed by atoms with Crippen LogP contribution in [0.25, 0.3) is 0 Å². The first-order chi connectivity index (χ1) is 10.6. The van der Waals surface area contributed by atoms with Gasteiger partial charge in [0.05, 0.1) is 9.79 Å². The molecular formula is C15H16O5S3. The van der Waals surface area contributed by atoms with Gasteiger partial charge < -0.3 is 0 Å². The van der Waals surface area contributed by atoms with E-state index in [2.05, 4.69) is 0 Å². The highest BCUT2D eigenvalue weighted by Gasteiger charge is 2.37. The fourth-order valence-corrected chi connectivity index (χ4v) is 10.0. The first-order valence-corrected chi connectivity index (χ1v) is 11.8. The Kier molecular flexibility index (Phi) is 4.70. The topological polar surface area (TPSA) is 85.3 Å². The molecule has 2 aromatic carbocycles. The molecule has 2 rings (SSSR count). The van der Waals surface area contributed by atoms with Gasteiger partial charge in [0.1, 0.15) is 0 Å². The van der Waals surface area contributed by atoms with Crippen molar-refractivity contribution in [2.45, 2.75) is 9.79 Å². The normalized spacial score (nSPS) is 12.8. The smallest absolute Gasteiger partial charge is 0.225 e. The maximum Gasteiger partial charge on any atom is 0.225 e. The predicted octanol–water partition coefficient (Wildman–Crippen LogP) is 1.57. The fourth-order valence-electron chi connectivity index (χ4n) is 2.06. The van der Waals surface area contributed by atoms with Crippen LogP contribution in [0.15, 0.2) is 70.5 Å². The van der Waals surface area contributed by atoms with Gasteiger partial charge in [0, 0.05) is 12.5 Å². The molecule has 124 valence electrons. The molecule has 0 aliphatic rings. The molecule has 0 fully saturated rings. The Morgan fingerprint density at radius 2 is 0.913 bits per heavy atom. The number of benzene rings is 2. The highest BCUT2D eigenvalue weighted by atomic mass is 32.3. The minimum absolute atomic E-state index is 0.203. The number of rotatable bonds is 2. The van der Waals surface area contributed by atoms with Gasteiger partial charge >= 0.3 is 0 Å². The SMILES string of the molecule is CS(C)(=O)=C(S(=O)(=O)c1ccccc1)S(=O)(=O)c1ccccc1. The molecule has 0 spiro atoms. The highest BCUT2D eigenvalue weighted by Crippen LogP contribution is 2.22. The second-order valence-corrected chi connectivity index (χ2v) is 12.5. The van der Waals surface area contributed by atoms with Crippen molar-refractivity contribution in [2.75, 3.05) is 12.5 Å². The summed E-state index contributed by atoms with van der Waals surface area (Å²) in [6, 6.07) is 14.3.